The highest BCUT2D eigenvalue weighted by Crippen LogP contribution is 2.47. The molecule has 0 saturated carbocycles. The fraction of sp³-hybridized carbons (Fsp3) is 0.812. The summed E-state index contributed by atoms with van der Waals surface area (Å²) in [6.07, 6.45) is 3.56. The number of amides is 1. The smallest absolute Gasteiger partial charge is 0.230 e. The van der Waals surface area contributed by atoms with Crippen molar-refractivity contribution in [3.05, 3.63) is 11.3 Å². The molecule has 3 heteroatoms. The Kier molecular flexibility index (Phi) is 7.47. The molecule has 0 saturated heterocycles. The van der Waals surface area contributed by atoms with Crippen molar-refractivity contribution in [3.63, 3.8) is 0 Å². The predicted molar refractivity (Wildman–Crippen MR) is 84.2 cm³/mol. The molecule has 2 unspecified atom stereocenters. The molecule has 1 aliphatic heterocycles. The average Bonchev–Trinajstić information content (AvgIpc) is 2.59. The lowest BCUT2D eigenvalue weighted by atomic mass is 9.59. The van der Waals surface area contributed by atoms with E-state index in [-0.39, 0.29) is 11.2 Å². The first-order valence-electron chi connectivity index (χ1n) is 7.68. The maximum atomic E-state index is 11.6. The van der Waals surface area contributed by atoms with Gasteiger partial charge in [-0.05, 0) is 30.8 Å². The van der Waals surface area contributed by atoms with Crippen LogP contribution in [-0.2, 0) is 4.79 Å². The molecule has 0 fully saturated rings. The van der Waals surface area contributed by atoms with Gasteiger partial charge in [0.1, 0.15) is 0 Å². The summed E-state index contributed by atoms with van der Waals surface area (Å²) in [6, 6.07) is 0. The summed E-state index contributed by atoms with van der Waals surface area (Å²) < 4.78 is 0. The molecule has 1 heterocycles. The zero-order valence-electron chi connectivity index (χ0n) is 13.8. The highest BCUT2D eigenvalue weighted by molar-refractivity contribution is 6.15. The molecule has 19 heavy (non-hydrogen) atoms. The minimum absolute atomic E-state index is 0.150. The highest BCUT2D eigenvalue weighted by atomic mass is 16.2. The van der Waals surface area contributed by atoms with Crippen molar-refractivity contribution in [1.82, 2.24) is 4.90 Å². The number of hydrogen-bond donors (Lipinski definition) is 0. The number of nitrogens with zero attached hydrogens (tertiary/aromatic N) is 1. The molecule has 1 amide bonds. The number of hydrogen-bond acceptors (Lipinski definition) is 1. The first kappa shape index (κ1) is 18.3. The van der Waals surface area contributed by atoms with Gasteiger partial charge in [0.25, 0.3) is 0 Å². The van der Waals surface area contributed by atoms with Gasteiger partial charge in [-0.1, -0.05) is 46.9 Å². The second-order valence-corrected chi connectivity index (χ2v) is 5.30. The number of carbonyl (C=O) groups excluding carboxylic acids is 1. The molecule has 0 spiro atoms. The number of rotatable bonds is 0. The quantitative estimate of drug-likeness (QED) is 0.596. The van der Waals surface area contributed by atoms with E-state index in [1.54, 1.807) is 0 Å². The van der Waals surface area contributed by atoms with E-state index in [1.165, 1.54) is 11.3 Å². The Hall–Kier alpha value is -0.725. The number of allylic oxidation sites excluding steroid dienone is 1. The van der Waals surface area contributed by atoms with E-state index in [0.29, 0.717) is 12.3 Å². The van der Waals surface area contributed by atoms with E-state index in [1.807, 2.05) is 39.6 Å². The SMILES string of the molecule is CC.CC.[B]C1(C)CC2=C(CCC1C)N(C)C(=O)C2. The van der Waals surface area contributed by atoms with Gasteiger partial charge in [0.15, 0.2) is 0 Å². The van der Waals surface area contributed by atoms with Crippen molar-refractivity contribution in [3.8, 4) is 0 Å². The van der Waals surface area contributed by atoms with Gasteiger partial charge in [-0.3, -0.25) is 4.79 Å². The molecule has 2 nitrogen and oxygen atoms in total. The van der Waals surface area contributed by atoms with Gasteiger partial charge in [0.2, 0.25) is 5.91 Å². The largest absolute Gasteiger partial charge is 0.319 e. The van der Waals surface area contributed by atoms with Crippen LogP contribution in [0.4, 0.5) is 0 Å². The Morgan fingerprint density at radius 1 is 1.26 bits per heavy atom. The highest BCUT2D eigenvalue weighted by Gasteiger charge is 2.36. The predicted octanol–water partition coefficient (Wildman–Crippen LogP) is 4.32. The van der Waals surface area contributed by atoms with Gasteiger partial charge < -0.3 is 4.90 Å². The van der Waals surface area contributed by atoms with Crippen molar-refractivity contribution in [1.29, 1.82) is 0 Å². The van der Waals surface area contributed by atoms with E-state index in [9.17, 15) is 4.79 Å². The molecular formula is C16H30BNO. The van der Waals surface area contributed by atoms with Crippen molar-refractivity contribution >= 4 is 13.8 Å². The Morgan fingerprint density at radius 3 is 2.32 bits per heavy atom. The zero-order chi connectivity index (χ0) is 15.2. The zero-order valence-corrected chi connectivity index (χ0v) is 13.8. The third-order valence-corrected chi connectivity index (χ3v) is 4.09. The molecule has 0 aromatic carbocycles. The Labute approximate surface area is 121 Å². The van der Waals surface area contributed by atoms with Crippen molar-refractivity contribution < 1.29 is 4.79 Å². The maximum Gasteiger partial charge on any atom is 0.230 e. The van der Waals surface area contributed by atoms with E-state index in [4.69, 9.17) is 7.85 Å². The van der Waals surface area contributed by atoms with E-state index in [0.717, 1.165) is 19.3 Å². The van der Waals surface area contributed by atoms with Crippen molar-refractivity contribution in [2.75, 3.05) is 7.05 Å². The molecule has 2 rings (SSSR count). The molecule has 0 bridgehead atoms. The van der Waals surface area contributed by atoms with Crippen molar-refractivity contribution in [2.24, 2.45) is 5.92 Å². The molecule has 2 radical (unpaired) electrons. The minimum Gasteiger partial charge on any atom is -0.319 e. The molecule has 2 aliphatic rings. The summed E-state index contributed by atoms with van der Waals surface area (Å²) >= 11 is 0. The lowest BCUT2D eigenvalue weighted by molar-refractivity contribution is -0.126. The second-order valence-electron chi connectivity index (χ2n) is 5.30. The van der Waals surface area contributed by atoms with Crippen LogP contribution in [0.15, 0.2) is 11.3 Å². The summed E-state index contributed by atoms with van der Waals surface area (Å²) in [5.41, 5.74) is 2.51. The Morgan fingerprint density at radius 2 is 1.79 bits per heavy atom. The third-order valence-electron chi connectivity index (χ3n) is 4.09. The van der Waals surface area contributed by atoms with E-state index in [2.05, 4.69) is 13.8 Å². The first-order valence-corrected chi connectivity index (χ1v) is 7.68. The van der Waals surface area contributed by atoms with Crippen LogP contribution in [0.25, 0.3) is 0 Å². The molecular weight excluding hydrogens is 233 g/mol. The molecule has 0 aromatic rings. The van der Waals surface area contributed by atoms with Crippen LogP contribution in [0.5, 0.6) is 0 Å². The fourth-order valence-corrected chi connectivity index (χ4v) is 2.62. The summed E-state index contributed by atoms with van der Waals surface area (Å²) in [4.78, 5) is 13.4. The summed E-state index contributed by atoms with van der Waals surface area (Å²) in [6.45, 7) is 12.3. The standard InChI is InChI=1S/C12H18BNO.2C2H6/c1-8-4-5-10-9(7-12(8,2)13)6-11(15)14(10)3;2*1-2/h8H,4-7H2,1-3H3;2*1-2H3. The van der Waals surface area contributed by atoms with Crippen LogP contribution in [0, 0.1) is 5.92 Å². The van der Waals surface area contributed by atoms with Crippen LogP contribution in [-0.4, -0.2) is 25.7 Å². The average molecular weight is 263 g/mol. The van der Waals surface area contributed by atoms with E-state index < -0.39 is 0 Å². The lowest BCUT2D eigenvalue weighted by Crippen LogP contribution is -2.21. The van der Waals surface area contributed by atoms with Crippen LogP contribution in [0.2, 0.25) is 5.31 Å². The summed E-state index contributed by atoms with van der Waals surface area (Å²) in [5.74, 6) is 0.747. The van der Waals surface area contributed by atoms with Gasteiger partial charge in [0.05, 0.1) is 14.3 Å². The topological polar surface area (TPSA) is 20.3 Å². The van der Waals surface area contributed by atoms with Crippen molar-refractivity contribution in [2.45, 2.75) is 72.5 Å². The van der Waals surface area contributed by atoms with Crippen LogP contribution >= 0.6 is 0 Å². The van der Waals surface area contributed by atoms with E-state index >= 15 is 0 Å². The maximum absolute atomic E-state index is 11.6. The summed E-state index contributed by atoms with van der Waals surface area (Å²) in [5, 5.41) is -0.150. The second kappa shape index (κ2) is 7.76. The van der Waals surface area contributed by atoms with Crippen LogP contribution in [0.3, 0.4) is 0 Å². The van der Waals surface area contributed by atoms with Gasteiger partial charge in [-0.25, -0.2) is 0 Å². The monoisotopic (exact) mass is 263 g/mol. The molecule has 1 aliphatic carbocycles. The van der Waals surface area contributed by atoms with Gasteiger partial charge in [-0.2, -0.15) is 0 Å². The molecule has 0 N–H and O–H groups in total. The van der Waals surface area contributed by atoms with Crippen LogP contribution < -0.4 is 0 Å². The Balaban J connectivity index is 0.000000741. The Bertz CT molecular complexity index is 334. The minimum atomic E-state index is -0.150. The number of carbonyl (C=O) groups is 1. The fourth-order valence-electron chi connectivity index (χ4n) is 2.62. The third kappa shape index (κ3) is 4.12. The normalized spacial score (nSPS) is 29.7. The summed E-state index contributed by atoms with van der Waals surface area (Å²) in [7, 11) is 8.19. The first-order chi connectivity index (χ1) is 8.92. The molecule has 0 aromatic heterocycles. The lowest BCUT2D eigenvalue weighted by Gasteiger charge is -2.31. The van der Waals surface area contributed by atoms with Crippen LogP contribution in [0.1, 0.15) is 67.2 Å². The van der Waals surface area contributed by atoms with Gasteiger partial charge >= 0.3 is 0 Å². The molecule has 108 valence electrons. The van der Waals surface area contributed by atoms with Gasteiger partial charge in [-0.15, -0.1) is 0 Å². The van der Waals surface area contributed by atoms with Gasteiger partial charge in [0, 0.05) is 12.7 Å². The molecule has 2 atom stereocenters.